The molecule has 1 aliphatic heterocycles. The fourth-order valence-electron chi connectivity index (χ4n) is 3.83. The van der Waals surface area contributed by atoms with Gasteiger partial charge in [0.15, 0.2) is 5.69 Å². The fourth-order valence-corrected chi connectivity index (χ4v) is 3.83. The smallest absolute Gasteiger partial charge is 0.356 e. The molecule has 1 spiro atoms. The lowest BCUT2D eigenvalue weighted by atomic mass is 9.80. The van der Waals surface area contributed by atoms with Gasteiger partial charge in [0.2, 0.25) is 0 Å². The molecule has 114 valence electrons. The minimum Gasteiger partial charge on any atom is -0.476 e. The molecule has 2 heterocycles. The number of aromatic nitrogens is 2. The van der Waals surface area contributed by atoms with Crippen LogP contribution in [0.2, 0.25) is 0 Å². The number of carbonyl (C=O) groups is 1. The molecule has 0 amide bonds. The molecule has 2 aliphatic rings. The van der Waals surface area contributed by atoms with E-state index in [9.17, 15) is 4.79 Å². The Morgan fingerprint density at radius 2 is 1.90 bits per heavy atom. The van der Waals surface area contributed by atoms with Crippen LogP contribution in [0.3, 0.4) is 0 Å². The Labute approximate surface area is 125 Å². The first-order valence-corrected chi connectivity index (χ1v) is 7.94. The lowest BCUT2D eigenvalue weighted by molar-refractivity contribution is 0.0690. The zero-order chi connectivity index (χ0) is 14.7. The first-order chi connectivity index (χ1) is 10.2. The van der Waals surface area contributed by atoms with Gasteiger partial charge < -0.3 is 5.11 Å². The van der Waals surface area contributed by atoms with Crippen molar-refractivity contribution in [2.75, 3.05) is 13.1 Å². The molecular formula is C16H23N3O2. The molecular weight excluding hydrogens is 266 g/mol. The van der Waals surface area contributed by atoms with Gasteiger partial charge in [-0.25, -0.2) is 9.78 Å². The van der Waals surface area contributed by atoms with Gasteiger partial charge in [0, 0.05) is 13.1 Å². The molecule has 1 N–H and O–H groups in total. The van der Waals surface area contributed by atoms with Crippen molar-refractivity contribution in [1.82, 2.24) is 14.9 Å². The number of carboxylic acid groups (broad SMARTS) is 1. The number of carboxylic acids is 1. The third kappa shape index (κ3) is 3.40. The van der Waals surface area contributed by atoms with Gasteiger partial charge in [-0.1, -0.05) is 25.7 Å². The van der Waals surface area contributed by atoms with Gasteiger partial charge in [0.25, 0.3) is 0 Å². The van der Waals surface area contributed by atoms with Crippen LogP contribution in [-0.2, 0) is 6.54 Å². The van der Waals surface area contributed by atoms with Crippen LogP contribution in [-0.4, -0.2) is 39.0 Å². The van der Waals surface area contributed by atoms with E-state index in [0.29, 0.717) is 5.41 Å². The van der Waals surface area contributed by atoms with Gasteiger partial charge in [-0.2, -0.15) is 0 Å². The molecule has 0 atom stereocenters. The Morgan fingerprint density at radius 1 is 1.14 bits per heavy atom. The molecule has 5 heteroatoms. The molecule has 2 fully saturated rings. The van der Waals surface area contributed by atoms with Gasteiger partial charge in [-0.05, 0) is 31.2 Å². The number of nitrogens with zero attached hydrogens (tertiary/aromatic N) is 3. The molecule has 0 radical (unpaired) electrons. The second-order valence-corrected chi connectivity index (χ2v) is 6.57. The Hall–Kier alpha value is -1.49. The highest BCUT2D eigenvalue weighted by atomic mass is 16.4. The maximum absolute atomic E-state index is 10.8. The van der Waals surface area contributed by atoms with Crippen LogP contribution in [0, 0.1) is 5.41 Å². The fraction of sp³-hybridized carbons (Fsp3) is 0.688. The summed E-state index contributed by atoms with van der Waals surface area (Å²) in [6.45, 7) is 3.08. The van der Waals surface area contributed by atoms with E-state index in [1.807, 2.05) is 0 Å². The van der Waals surface area contributed by atoms with Crippen LogP contribution < -0.4 is 0 Å². The molecule has 1 aromatic heterocycles. The van der Waals surface area contributed by atoms with E-state index < -0.39 is 5.97 Å². The molecule has 5 nitrogen and oxygen atoms in total. The van der Waals surface area contributed by atoms with E-state index in [1.54, 1.807) is 6.20 Å². The maximum atomic E-state index is 10.8. The minimum absolute atomic E-state index is 0.0143. The van der Waals surface area contributed by atoms with Crippen molar-refractivity contribution in [3.63, 3.8) is 0 Å². The van der Waals surface area contributed by atoms with Gasteiger partial charge in [0.05, 0.1) is 18.1 Å². The second-order valence-electron chi connectivity index (χ2n) is 6.57. The number of likely N-dealkylation sites (tertiary alicyclic amines) is 1. The first-order valence-electron chi connectivity index (χ1n) is 7.94. The average Bonchev–Trinajstić information content (AvgIpc) is 2.71. The Balaban J connectivity index is 1.60. The van der Waals surface area contributed by atoms with Crippen molar-refractivity contribution >= 4 is 5.97 Å². The van der Waals surface area contributed by atoms with Crippen molar-refractivity contribution in [2.45, 2.75) is 51.5 Å². The van der Waals surface area contributed by atoms with Gasteiger partial charge in [-0.15, -0.1) is 0 Å². The summed E-state index contributed by atoms with van der Waals surface area (Å²) in [4.78, 5) is 21.4. The molecule has 3 rings (SSSR count). The summed E-state index contributed by atoms with van der Waals surface area (Å²) in [5.74, 6) is -1.02. The van der Waals surface area contributed by atoms with E-state index >= 15 is 0 Å². The van der Waals surface area contributed by atoms with Crippen molar-refractivity contribution in [1.29, 1.82) is 0 Å². The Kier molecular flexibility index (Phi) is 4.19. The zero-order valence-electron chi connectivity index (χ0n) is 12.4. The predicted octanol–water partition coefficient (Wildman–Crippen LogP) is 2.72. The monoisotopic (exact) mass is 289 g/mol. The van der Waals surface area contributed by atoms with Gasteiger partial charge >= 0.3 is 5.97 Å². The lowest BCUT2D eigenvalue weighted by Gasteiger charge is -2.27. The van der Waals surface area contributed by atoms with E-state index in [1.165, 1.54) is 51.1 Å². The van der Waals surface area contributed by atoms with Crippen LogP contribution in [0.1, 0.15) is 61.1 Å². The van der Waals surface area contributed by atoms with Crippen LogP contribution >= 0.6 is 0 Å². The van der Waals surface area contributed by atoms with E-state index in [-0.39, 0.29) is 5.69 Å². The highest BCUT2D eigenvalue weighted by Gasteiger charge is 2.37. The first kappa shape index (κ1) is 14.4. The second kappa shape index (κ2) is 6.10. The maximum Gasteiger partial charge on any atom is 0.356 e. The number of hydrogen-bond donors (Lipinski definition) is 1. The zero-order valence-corrected chi connectivity index (χ0v) is 12.4. The van der Waals surface area contributed by atoms with E-state index in [0.717, 1.165) is 25.3 Å². The van der Waals surface area contributed by atoms with Crippen LogP contribution in [0.4, 0.5) is 0 Å². The SMILES string of the molecule is O=C(O)c1cnc(CN2CCC3(CCCCCC3)C2)cn1. The number of aromatic carboxylic acids is 1. The quantitative estimate of drug-likeness (QED) is 0.926. The summed E-state index contributed by atoms with van der Waals surface area (Å²) in [5.41, 5.74) is 1.41. The molecule has 1 saturated carbocycles. The minimum atomic E-state index is -1.02. The number of hydrogen-bond acceptors (Lipinski definition) is 4. The molecule has 0 aromatic carbocycles. The predicted molar refractivity (Wildman–Crippen MR) is 79.0 cm³/mol. The summed E-state index contributed by atoms with van der Waals surface area (Å²) in [6.07, 6.45) is 12.5. The normalized spacial score (nSPS) is 22.3. The average molecular weight is 289 g/mol. The van der Waals surface area contributed by atoms with Crippen molar-refractivity contribution in [3.05, 3.63) is 23.8 Å². The molecule has 1 aliphatic carbocycles. The molecule has 0 bridgehead atoms. The standard InChI is InChI=1S/C16H23N3O2/c20-15(21)14-10-17-13(9-18-14)11-19-8-7-16(12-19)5-3-1-2-4-6-16/h9-10H,1-8,11-12H2,(H,20,21). The molecule has 1 aromatic rings. The highest BCUT2D eigenvalue weighted by molar-refractivity contribution is 5.84. The third-order valence-electron chi connectivity index (χ3n) is 4.99. The van der Waals surface area contributed by atoms with E-state index in [2.05, 4.69) is 14.9 Å². The van der Waals surface area contributed by atoms with Crippen molar-refractivity contribution in [3.8, 4) is 0 Å². The van der Waals surface area contributed by atoms with Crippen LogP contribution in [0.25, 0.3) is 0 Å². The van der Waals surface area contributed by atoms with Crippen LogP contribution in [0.5, 0.6) is 0 Å². The summed E-state index contributed by atoms with van der Waals surface area (Å²) >= 11 is 0. The van der Waals surface area contributed by atoms with Crippen molar-refractivity contribution < 1.29 is 9.90 Å². The molecule has 21 heavy (non-hydrogen) atoms. The highest BCUT2D eigenvalue weighted by Crippen LogP contribution is 2.42. The summed E-state index contributed by atoms with van der Waals surface area (Å²) in [6, 6.07) is 0. The summed E-state index contributed by atoms with van der Waals surface area (Å²) in [7, 11) is 0. The van der Waals surface area contributed by atoms with E-state index in [4.69, 9.17) is 5.11 Å². The van der Waals surface area contributed by atoms with Gasteiger partial charge in [-0.3, -0.25) is 9.88 Å². The molecule has 0 unspecified atom stereocenters. The van der Waals surface area contributed by atoms with Gasteiger partial charge in [0.1, 0.15) is 0 Å². The molecule has 1 saturated heterocycles. The Morgan fingerprint density at radius 3 is 2.52 bits per heavy atom. The van der Waals surface area contributed by atoms with Crippen molar-refractivity contribution in [2.24, 2.45) is 5.41 Å². The lowest BCUT2D eigenvalue weighted by Crippen LogP contribution is -2.27. The largest absolute Gasteiger partial charge is 0.476 e. The number of rotatable bonds is 3. The topological polar surface area (TPSA) is 66.3 Å². The summed E-state index contributed by atoms with van der Waals surface area (Å²) < 4.78 is 0. The summed E-state index contributed by atoms with van der Waals surface area (Å²) in [5, 5.41) is 8.84. The van der Waals surface area contributed by atoms with Crippen LogP contribution in [0.15, 0.2) is 12.4 Å². The third-order valence-corrected chi connectivity index (χ3v) is 4.99. The Bertz CT molecular complexity index is 493.